The SMILES string of the molecule is N#Cc1cc(S(N)(=O)=O)ccc1N1CCN(c2ccc(O)cc2)CC1. The molecule has 1 aliphatic rings. The van der Waals surface area contributed by atoms with Crippen LogP contribution < -0.4 is 14.9 Å². The van der Waals surface area contributed by atoms with Crippen LogP contribution in [0.1, 0.15) is 5.56 Å². The summed E-state index contributed by atoms with van der Waals surface area (Å²) >= 11 is 0. The van der Waals surface area contributed by atoms with Crippen LogP contribution in [0, 0.1) is 11.3 Å². The van der Waals surface area contributed by atoms with Crippen LogP contribution in [-0.4, -0.2) is 39.7 Å². The van der Waals surface area contributed by atoms with Crippen molar-refractivity contribution in [3.63, 3.8) is 0 Å². The van der Waals surface area contributed by atoms with Crippen molar-refractivity contribution in [1.29, 1.82) is 5.26 Å². The lowest BCUT2D eigenvalue weighted by Gasteiger charge is -2.37. The molecule has 2 aromatic carbocycles. The summed E-state index contributed by atoms with van der Waals surface area (Å²) in [7, 11) is -3.83. The van der Waals surface area contributed by atoms with Crippen molar-refractivity contribution < 1.29 is 13.5 Å². The minimum absolute atomic E-state index is 0.0597. The minimum Gasteiger partial charge on any atom is -0.508 e. The molecule has 0 aliphatic carbocycles. The summed E-state index contributed by atoms with van der Waals surface area (Å²) < 4.78 is 22.9. The number of rotatable bonds is 3. The lowest BCUT2D eigenvalue weighted by atomic mass is 10.1. The number of hydrogen-bond acceptors (Lipinski definition) is 6. The fourth-order valence-corrected chi connectivity index (χ4v) is 3.47. The third-order valence-electron chi connectivity index (χ3n) is 4.25. The zero-order valence-electron chi connectivity index (χ0n) is 13.5. The van der Waals surface area contributed by atoms with Crippen LogP contribution >= 0.6 is 0 Å². The minimum atomic E-state index is -3.83. The molecule has 1 fully saturated rings. The summed E-state index contributed by atoms with van der Waals surface area (Å²) in [5.74, 6) is 0.232. The average Bonchev–Trinajstić information content (AvgIpc) is 2.61. The second-order valence-corrected chi connectivity index (χ2v) is 7.39. The van der Waals surface area contributed by atoms with Crippen molar-refractivity contribution in [1.82, 2.24) is 0 Å². The number of benzene rings is 2. The first kappa shape index (κ1) is 17.1. The number of nitriles is 1. The Morgan fingerprint density at radius 2 is 1.60 bits per heavy atom. The first-order valence-corrected chi connectivity index (χ1v) is 9.29. The molecule has 1 aliphatic heterocycles. The van der Waals surface area contributed by atoms with E-state index in [2.05, 4.69) is 15.9 Å². The van der Waals surface area contributed by atoms with Gasteiger partial charge in [0.05, 0.1) is 16.1 Å². The summed E-state index contributed by atoms with van der Waals surface area (Å²) in [4.78, 5) is 4.19. The summed E-state index contributed by atoms with van der Waals surface area (Å²) in [6.45, 7) is 2.91. The molecule has 1 saturated heterocycles. The highest BCUT2D eigenvalue weighted by Crippen LogP contribution is 2.26. The first-order valence-electron chi connectivity index (χ1n) is 7.74. The lowest BCUT2D eigenvalue weighted by molar-refractivity contribution is 0.475. The van der Waals surface area contributed by atoms with Gasteiger partial charge in [-0.3, -0.25) is 0 Å². The van der Waals surface area contributed by atoms with Gasteiger partial charge in [0, 0.05) is 31.9 Å². The molecule has 0 bridgehead atoms. The number of aromatic hydroxyl groups is 1. The predicted octanol–water partition coefficient (Wildman–Crippen LogP) is 1.24. The summed E-state index contributed by atoms with van der Waals surface area (Å²) in [5, 5.41) is 23.8. The number of nitrogens with zero attached hydrogens (tertiary/aromatic N) is 3. The van der Waals surface area contributed by atoms with Crippen molar-refractivity contribution in [2.75, 3.05) is 36.0 Å². The van der Waals surface area contributed by atoms with Crippen molar-refractivity contribution in [2.45, 2.75) is 4.90 Å². The number of phenolic OH excluding ortho intramolecular Hbond substituents is 1. The predicted molar refractivity (Wildman–Crippen MR) is 95.1 cm³/mol. The van der Waals surface area contributed by atoms with E-state index in [-0.39, 0.29) is 10.6 Å². The molecule has 0 radical (unpaired) electrons. The summed E-state index contributed by atoms with van der Waals surface area (Å²) in [6.07, 6.45) is 0. The van der Waals surface area contributed by atoms with Crippen molar-refractivity contribution in [3.8, 4) is 11.8 Å². The van der Waals surface area contributed by atoms with Crippen LogP contribution in [0.2, 0.25) is 0 Å². The maximum Gasteiger partial charge on any atom is 0.238 e. The van der Waals surface area contributed by atoms with Crippen LogP contribution in [0.25, 0.3) is 0 Å². The van der Waals surface area contributed by atoms with E-state index in [4.69, 9.17) is 5.14 Å². The highest BCUT2D eigenvalue weighted by molar-refractivity contribution is 7.89. The van der Waals surface area contributed by atoms with Gasteiger partial charge in [-0.15, -0.1) is 0 Å². The number of anilines is 2. The van der Waals surface area contributed by atoms with Crippen LogP contribution in [0.3, 0.4) is 0 Å². The van der Waals surface area contributed by atoms with Gasteiger partial charge < -0.3 is 14.9 Å². The maximum atomic E-state index is 11.4. The molecule has 3 rings (SSSR count). The summed E-state index contributed by atoms with van der Waals surface area (Å²) in [6, 6.07) is 13.5. The number of piperazine rings is 1. The van der Waals surface area contributed by atoms with E-state index in [1.54, 1.807) is 18.2 Å². The van der Waals surface area contributed by atoms with E-state index in [1.165, 1.54) is 12.1 Å². The van der Waals surface area contributed by atoms with Gasteiger partial charge in [-0.2, -0.15) is 5.26 Å². The number of sulfonamides is 1. The molecule has 130 valence electrons. The van der Waals surface area contributed by atoms with Gasteiger partial charge >= 0.3 is 0 Å². The molecule has 25 heavy (non-hydrogen) atoms. The highest BCUT2D eigenvalue weighted by Gasteiger charge is 2.21. The van der Waals surface area contributed by atoms with Crippen LogP contribution in [-0.2, 0) is 10.0 Å². The number of nitrogens with two attached hydrogens (primary N) is 1. The summed E-state index contributed by atoms with van der Waals surface area (Å²) in [5.41, 5.74) is 2.03. The molecule has 7 nitrogen and oxygen atoms in total. The fraction of sp³-hybridized carbons (Fsp3) is 0.235. The fourth-order valence-electron chi connectivity index (χ4n) is 2.93. The van der Waals surface area contributed by atoms with Gasteiger partial charge in [-0.05, 0) is 42.5 Å². The van der Waals surface area contributed by atoms with E-state index >= 15 is 0 Å². The van der Waals surface area contributed by atoms with Crippen LogP contribution in [0.5, 0.6) is 5.75 Å². The third-order valence-corrected chi connectivity index (χ3v) is 5.16. The number of hydrogen-bond donors (Lipinski definition) is 2. The number of phenols is 1. The Morgan fingerprint density at radius 3 is 2.16 bits per heavy atom. The van der Waals surface area contributed by atoms with E-state index in [1.807, 2.05) is 12.1 Å². The van der Waals surface area contributed by atoms with Gasteiger partial charge in [0.2, 0.25) is 10.0 Å². The monoisotopic (exact) mass is 358 g/mol. The Hall–Kier alpha value is -2.76. The van der Waals surface area contributed by atoms with E-state index < -0.39 is 10.0 Å². The van der Waals surface area contributed by atoms with Gasteiger partial charge in [-0.1, -0.05) is 0 Å². The Balaban J connectivity index is 1.77. The number of primary sulfonamides is 1. The third kappa shape index (κ3) is 3.68. The van der Waals surface area contributed by atoms with Crippen molar-refractivity contribution >= 4 is 21.4 Å². The van der Waals surface area contributed by atoms with Crippen molar-refractivity contribution in [2.24, 2.45) is 5.14 Å². The van der Waals surface area contributed by atoms with Gasteiger partial charge in [0.25, 0.3) is 0 Å². The largest absolute Gasteiger partial charge is 0.508 e. The molecule has 1 heterocycles. The molecule has 2 aromatic rings. The Bertz CT molecular complexity index is 912. The normalized spacial score (nSPS) is 15.0. The average molecular weight is 358 g/mol. The smallest absolute Gasteiger partial charge is 0.238 e. The lowest BCUT2D eigenvalue weighted by Crippen LogP contribution is -2.46. The molecule has 0 spiro atoms. The van der Waals surface area contributed by atoms with Gasteiger partial charge in [0.15, 0.2) is 0 Å². The zero-order chi connectivity index (χ0) is 18.0. The van der Waals surface area contributed by atoms with Gasteiger partial charge in [-0.25, -0.2) is 13.6 Å². The molecule has 8 heteroatoms. The standard InChI is InChI=1S/C17H18N4O3S/c18-12-13-11-16(25(19,23)24)5-6-17(13)21-9-7-20(8-10-21)14-1-3-15(22)4-2-14/h1-6,11,22H,7-10H2,(H2,19,23,24). The Labute approximate surface area is 146 Å². The molecule has 0 aromatic heterocycles. The quantitative estimate of drug-likeness (QED) is 0.854. The molecular formula is C17H18N4O3S. The van der Waals surface area contributed by atoms with Gasteiger partial charge in [0.1, 0.15) is 11.8 Å². The zero-order valence-corrected chi connectivity index (χ0v) is 14.3. The van der Waals surface area contributed by atoms with Crippen LogP contribution in [0.15, 0.2) is 47.4 Å². The second-order valence-electron chi connectivity index (χ2n) is 5.83. The highest BCUT2D eigenvalue weighted by atomic mass is 32.2. The van der Waals surface area contributed by atoms with E-state index in [9.17, 15) is 18.8 Å². The molecule has 0 unspecified atom stereocenters. The molecular weight excluding hydrogens is 340 g/mol. The Morgan fingerprint density at radius 1 is 1.00 bits per heavy atom. The topological polar surface area (TPSA) is 111 Å². The molecule has 0 amide bonds. The first-order chi connectivity index (χ1) is 11.9. The molecule has 0 saturated carbocycles. The maximum absolute atomic E-state index is 11.4. The van der Waals surface area contributed by atoms with E-state index in [0.717, 1.165) is 18.8 Å². The van der Waals surface area contributed by atoms with E-state index in [0.29, 0.717) is 24.3 Å². The van der Waals surface area contributed by atoms with Crippen LogP contribution in [0.4, 0.5) is 11.4 Å². The Kier molecular flexibility index (Phi) is 4.53. The molecule has 3 N–H and O–H groups in total. The molecule has 0 atom stereocenters. The van der Waals surface area contributed by atoms with Crippen molar-refractivity contribution in [3.05, 3.63) is 48.0 Å². The second kappa shape index (κ2) is 6.63.